The lowest BCUT2D eigenvalue weighted by atomic mass is 10.1. The maximum Gasteiger partial charge on any atom is 0.413 e. The maximum atomic E-state index is 11.8. The third-order valence-electron chi connectivity index (χ3n) is 2.71. The van der Waals surface area contributed by atoms with Gasteiger partial charge in [-0.25, -0.2) is 4.79 Å². The molecule has 5 heteroatoms. The maximum absolute atomic E-state index is 11.8. The molecule has 0 bridgehead atoms. The smallest absolute Gasteiger partial charge is 0.413 e. The van der Waals surface area contributed by atoms with Gasteiger partial charge in [0.15, 0.2) is 5.82 Å². The predicted octanol–water partition coefficient (Wildman–Crippen LogP) is 4.26. The van der Waals surface area contributed by atoms with E-state index in [0.29, 0.717) is 5.82 Å². The first-order valence-electron chi connectivity index (χ1n) is 6.13. The van der Waals surface area contributed by atoms with E-state index in [4.69, 9.17) is 4.74 Å². The van der Waals surface area contributed by atoms with Crippen molar-refractivity contribution in [1.29, 1.82) is 0 Å². The highest BCUT2D eigenvalue weighted by Gasteiger charge is 2.18. The molecule has 2 rings (SSSR count). The van der Waals surface area contributed by atoms with Crippen molar-refractivity contribution in [3.05, 3.63) is 23.3 Å². The van der Waals surface area contributed by atoms with Gasteiger partial charge in [0.1, 0.15) is 5.60 Å². The van der Waals surface area contributed by atoms with Gasteiger partial charge >= 0.3 is 6.09 Å². The average molecular weight is 278 g/mol. The van der Waals surface area contributed by atoms with E-state index in [0.717, 1.165) is 10.1 Å². The highest BCUT2D eigenvalue weighted by Crippen LogP contribution is 2.29. The summed E-state index contributed by atoms with van der Waals surface area (Å²) >= 11 is 1.38. The van der Waals surface area contributed by atoms with Gasteiger partial charge in [-0.2, -0.15) is 4.37 Å². The average Bonchev–Trinajstić information content (AvgIpc) is 2.59. The van der Waals surface area contributed by atoms with Gasteiger partial charge in [-0.15, -0.1) is 0 Å². The van der Waals surface area contributed by atoms with Crippen molar-refractivity contribution in [2.24, 2.45) is 0 Å². The molecular formula is C14H18N2O2S. The number of aromatic nitrogens is 1. The van der Waals surface area contributed by atoms with Gasteiger partial charge in [0.25, 0.3) is 0 Å². The van der Waals surface area contributed by atoms with Crippen LogP contribution in [0, 0.1) is 13.8 Å². The van der Waals surface area contributed by atoms with Crippen molar-refractivity contribution < 1.29 is 9.53 Å². The monoisotopic (exact) mass is 278 g/mol. The molecule has 1 N–H and O–H groups in total. The fourth-order valence-corrected chi connectivity index (χ4v) is 2.50. The number of fused-ring (bicyclic) bond motifs is 1. The minimum absolute atomic E-state index is 0.474. The van der Waals surface area contributed by atoms with Crippen LogP contribution in [0.2, 0.25) is 0 Å². The van der Waals surface area contributed by atoms with Crippen LogP contribution in [-0.2, 0) is 4.74 Å². The fraction of sp³-hybridized carbons (Fsp3) is 0.429. The Balaban J connectivity index is 2.27. The summed E-state index contributed by atoms with van der Waals surface area (Å²) < 4.78 is 10.6. The number of rotatable bonds is 1. The third-order valence-corrected chi connectivity index (χ3v) is 3.51. The second-order valence-electron chi connectivity index (χ2n) is 5.59. The molecule has 19 heavy (non-hydrogen) atoms. The molecule has 102 valence electrons. The van der Waals surface area contributed by atoms with Crippen LogP contribution >= 0.6 is 11.5 Å². The Morgan fingerprint density at radius 2 is 1.89 bits per heavy atom. The van der Waals surface area contributed by atoms with Crippen molar-refractivity contribution in [2.75, 3.05) is 5.32 Å². The van der Waals surface area contributed by atoms with E-state index in [1.807, 2.05) is 33.8 Å². The summed E-state index contributed by atoms with van der Waals surface area (Å²) in [6.07, 6.45) is -0.474. The zero-order chi connectivity index (χ0) is 14.2. The van der Waals surface area contributed by atoms with Crippen LogP contribution in [0.15, 0.2) is 12.1 Å². The van der Waals surface area contributed by atoms with Crippen LogP contribution in [0.5, 0.6) is 0 Å². The Bertz CT molecular complexity index is 626. The van der Waals surface area contributed by atoms with Gasteiger partial charge in [-0.05, 0) is 69.4 Å². The minimum Gasteiger partial charge on any atom is -0.444 e. The molecule has 1 heterocycles. The van der Waals surface area contributed by atoms with Crippen molar-refractivity contribution in [1.82, 2.24) is 4.37 Å². The second kappa shape index (κ2) is 4.81. The van der Waals surface area contributed by atoms with Gasteiger partial charge in [0, 0.05) is 5.39 Å². The predicted molar refractivity (Wildman–Crippen MR) is 79.0 cm³/mol. The molecule has 0 saturated carbocycles. The SMILES string of the molecule is Cc1cc2snc(NC(=O)OC(C)(C)C)c2cc1C. The van der Waals surface area contributed by atoms with Crippen molar-refractivity contribution in [2.45, 2.75) is 40.2 Å². The van der Waals surface area contributed by atoms with Crippen LogP contribution in [0.1, 0.15) is 31.9 Å². The molecule has 1 aromatic heterocycles. The second-order valence-corrected chi connectivity index (χ2v) is 6.40. The summed E-state index contributed by atoms with van der Waals surface area (Å²) in [6, 6.07) is 4.13. The summed E-state index contributed by atoms with van der Waals surface area (Å²) in [4.78, 5) is 11.8. The Kier molecular flexibility index (Phi) is 3.49. The number of nitrogens with one attached hydrogen (secondary N) is 1. The molecule has 0 aliphatic heterocycles. The number of amides is 1. The minimum atomic E-state index is -0.511. The third kappa shape index (κ3) is 3.23. The number of hydrogen-bond donors (Lipinski definition) is 1. The lowest BCUT2D eigenvalue weighted by Crippen LogP contribution is -2.27. The van der Waals surface area contributed by atoms with E-state index in [1.54, 1.807) is 0 Å². The molecule has 1 aromatic carbocycles. The summed E-state index contributed by atoms with van der Waals surface area (Å²) in [6.45, 7) is 9.61. The first kappa shape index (κ1) is 13.8. The summed E-state index contributed by atoms with van der Waals surface area (Å²) in [7, 11) is 0. The molecular weight excluding hydrogens is 260 g/mol. The normalized spacial score (nSPS) is 11.6. The summed E-state index contributed by atoms with van der Waals surface area (Å²) in [5.74, 6) is 0.567. The molecule has 0 radical (unpaired) electrons. The van der Waals surface area contributed by atoms with Crippen LogP contribution in [0.4, 0.5) is 10.6 Å². The van der Waals surface area contributed by atoms with Gasteiger partial charge in [-0.3, -0.25) is 5.32 Å². The quantitative estimate of drug-likeness (QED) is 0.848. The molecule has 0 fully saturated rings. The first-order chi connectivity index (χ1) is 8.76. The Morgan fingerprint density at radius 1 is 1.26 bits per heavy atom. The van der Waals surface area contributed by atoms with E-state index in [-0.39, 0.29) is 0 Å². The zero-order valence-electron chi connectivity index (χ0n) is 11.8. The summed E-state index contributed by atoms with van der Waals surface area (Å²) in [5.41, 5.74) is 1.89. The highest BCUT2D eigenvalue weighted by atomic mass is 32.1. The Hall–Kier alpha value is -1.62. The number of benzene rings is 1. The topological polar surface area (TPSA) is 51.2 Å². The van der Waals surface area contributed by atoms with Crippen LogP contribution < -0.4 is 5.32 Å². The number of aryl methyl sites for hydroxylation is 2. The number of anilines is 1. The van der Waals surface area contributed by atoms with Gasteiger partial charge < -0.3 is 4.74 Å². The number of nitrogens with zero attached hydrogens (tertiary/aromatic N) is 1. The molecule has 0 aliphatic rings. The van der Waals surface area contributed by atoms with E-state index in [2.05, 4.69) is 22.7 Å². The molecule has 0 atom stereocenters. The molecule has 0 saturated heterocycles. The lowest BCUT2D eigenvalue weighted by Gasteiger charge is -2.19. The number of carbonyl (C=O) groups excluding carboxylic acids is 1. The highest BCUT2D eigenvalue weighted by molar-refractivity contribution is 7.13. The van der Waals surface area contributed by atoms with Crippen LogP contribution in [-0.4, -0.2) is 16.1 Å². The van der Waals surface area contributed by atoms with E-state index < -0.39 is 11.7 Å². The number of carbonyl (C=O) groups is 1. The van der Waals surface area contributed by atoms with Crippen molar-refractivity contribution in [3.8, 4) is 0 Å². The van der Waals surface area contributed by atoms with Crippen molar-refractivity contribution >= 4 is 33.5 Å². The molecule has 0 aliphatic carbocycles. The first-order valence-corrected chi connectivity index (χ1v) is 6.90. The van der Waals surface area contributed by atoms with Gasteiger partial charge in [0.2, 0.25) is 0 Å². The molecule has 2 aromatic rings. The zero-order valence-corrected chi connectivity index (χ0v) is 12.6. The largest absolute Gasteiger partial charge is 0.444 e. The van der Waals surface area contributed by atoms with E-state index >= 15 is 0 Å². The number of ether oxygens (including phenoxy) is 1. The number of hydrogen-bond acceptors (Lipinski definition) is 4. The van der Waals surface area contributed by atoms with E-state index in [9.17, 15) is 4.79 Å². The van der Waals surface area contributed by atoms with E-state index in [1.165, 1.54) is 22.7 Å². The van der Waals surface area contributed by atoms with Crippen LogP contribution in [0.3, 0.4) is 0 Å². The molecule has 0 spiro atoms. The fourth-order valence-electron chi connectivity index (χ4n) is 1.68. The van der Waals surface area contributed by atoms with Gasteiger partial charge in [0.05, 0.1) is 4.70 Å². The Labute approximate surface area is 116 Å². The Morgan fingerprint density at radius 3 is 2.53 bits per heavy atom. The van der Waals surface area contributed by atoms with Gasteiger partial charge in [-0.1, -0.05) is 0 Å². The molecule has 4 nitrogen and oxygen atoms in total. The molecule has 0 unspecified atom stereocenters. The van der Waals surface area contributed by atoms with Crippen LogP contribution in [0.25, 0.3) is 10.1 Å². The standard InChI is InChI=1S/C14H18N2O2S/c1-8-6-10-11(7-9(8)2)19-16-12(10)15-13(17)18-14(3,4)5/h6-7H,1-5H3,(H,15,16,17). The molecule has 1 amide bonds. The summed E-state index contributed by atoms with van der Waals surface area (Å²) in [5, 5.41) is 3.66. The van der Waals surface area contributed by atoms with Crippen molar-refractivity contribution in [3.63, 3.8) is 0 Å². The lowest BCUT2D eigenvalue weighted by molar-refractivity contribution is 0.0635.